The summed E-state index contributed by atoms with van der Waals surface area (Å²) in [6.45, 7) is 4.00. The van der Waals surface area contributed by atoms with E-state index in [0.29, 0.717) is 51.7 Å². The second kappa shape index (κ2) is 8.21. The Morgan fingerprint density at radius 2 is 2.05 bits per heavy atom. The number of morpholine rings is 1. The third-order valence-electron chi connectivity index (χ3n) is 3.87. The van der Waals surface area contributed by atoms with Crippen LogP contribution < -0.4 is 10.6 Å². The van der Waals surface area contributed by atoms with Gasteiger partial charge in [-0.2, -0.15) is 0 Å². The average molecular weight is 283 g/mol. The predicted octanol–water partition coefficient (Wildman–Crippen LogP) is -0.116. The lowest BCUT2D eigenvalue weighted by molar-refractivity contribution is -0.135. The van der Waals surface area contributed by atoms with Crippen molar-refractivity contribution in [2.45, 2.75) is 38.1 Å². The molecule has 0 aliphatic carbocycles. The first-order chi connectivity index (χ1) is 9.75. The van der Waals surface area contributed by atoms with Crippen molar-refractivity contribution < 1.29 is 14.3 Å². The monoisotopic (exact) mass is 283 g/mol. The maximum atomic E-state index is 11.9. The van der Waals surface area contributed by atoms with E-state index in [0.717, 1.165) is 13.0 Å². The van der Waals surface area contributed by atoms with Gasteiger partial charge < -0.3 is 20.3 Å². The van der Waals surface area contributed by atoms with Crippen LogP contribution in [0.4, 0.5) is 0 Å². The molecule has 2 amide bonds. The van der Waals surface area contributed by atoms with Gasteiger partial charge in [0, 0.05) is 38.5 Å². The lowest BCUT2D eigenvalue weighted by Crippen LogP contribution is -2.42. The second-order valence-electron chi connectivity index (χ2n) is 5.44. The summed E-state index contributed by atoms with van der Waals surface area (Å²) in [6.07, 6.45) is 4.36. The Hall–Kier alpha value is -1.14. The molecular formula is C14H25N3O3. The van der Waals surface area contributed by atoms with Crippen LogP contribution in [0.5, 0.6) is 0 Å². The molecule has 2 aliphatic heterocycles. The molecule has 2 saturated heterocycles. The van der Waals surface area contributed by atoms with Gasteiger partial charge in [-0.25, -0.2) is 0 Å². The highest BCUT2D eigenvalue weighted by molar-refractivity contribution is 5.79. The summed E-state index contributed by atoms with van der Waals surface area (Å²) in [4.78, 5) is 25.5. The Bertz CT molecular complexity index is 324. The molecule has 2 rings (SSSR count). The van der Waals surface area contributed by atoms with Gasteiger partial charge in [-0.05, 0) is 19.4 Å². The fourth-order valence-electron chi connectivity index (χ4n) is 2.67. The molecule has 0 radical (unpaired) electrons. The molecule has 6 heteroatoms. The van der Waals surface area contributed by atoms with Gasteiger partial charge in [0.2, 0.25) is 11.8 Å². The first-order valence-corrected chi connectivity index (χ1v) is 7.61. The summed E-state index contributed by atoms with van der Waals surface area (Å²) in [5.74, 6) is 0.142. The number of amides is 2. The van der Waals surface area contributed by atoms with Crippen LogP contribution in [-0.2, 0) is 14.3 Å². The Morgan fingerprint density at radius 1 is 1.25 bits per heavy atom. The highest BCUT2D eigenvalue weighted by Gasteiger charge is 2.18. The third-order valence-corrected chi connectivity index (χ3v) is 3.87. The van der Waals surface area contributed by atoms with E-state index in [1.54, 1.807) is 4.90 Å². The second-order valence-corrected chi connectivity index (χ2v) is 5.44. The fourth-order valence-corrected chi connectivity index (χ4v) is 2.67. The minimum absolute atomic E-state index is 0.0409. The quantitative estimate of drug-likeness (QED) is 0.738. The summed E-state index contributed by atoms with van der Waals surface area (Å²) in [5, 5.41) is 6.19. The van der Waals surface area contributed by atoms with Crippen LogP contribution in [-0.4, -0.2) is 62.1 Å². The van der Waals surface area contributed by atoms with Crippen LogP contribution in [0.3, 0.4) is 0 Å². The smallest absolute Gasteiger partial charge is 0.224 e. The largest absolute Gasteiger partial charge is 0.378 e. The van der Waals surface area contributed by atoms with E-state index in [1.807, 2.05) is 0 Å². The van der Waals surface area contributed by atoms with E-state index >= 15 is 0 Å². The zero-order valence-corrected chi connectivity index (χ0v) is 12.0. The molecular weight excluding hydrogens is 258 g/mol. The van der Waals surface area contributed by atoms with Crippen molar-refractivity contribution in [1.29, 1.82) is 0 Å². The van der Waals surface area contributed by atoms with E-state index in [9.17, 15) is 9.59 Å². The minimum atomic E-state index is 0.0409. The van der Waals surface area contributed by atoms with Crippen LogP contribution in [0.1, 0.15) is 32.1 Å². The molecule has 20 heavy (non-hydrogen) atoms. The van der Waals surface area contributed by atoms with E-state index in [2.05, 4.69) is 10.6 Å². The highest BCUT2D eigenvalue weighted by Crippen LogP contribution is 2.09. The number of carbonyl (C=O) groups is 2. The minimum Gasteiger partial charge on any atom is -0.378 e. The molecule has 1 unspecified atom stereocenters. The molecule has 2 fully saturated rings. The zero-order valence-electron chi connectivity index (χ0n) is 12.0. The topological polar surface area (TPSA) is 70.7 Å². The fraction of sp³-hybridized carbons (Fsp3) is 0.857. The molecule has 114 valence electrons. The SMILES string of the molecule is O=C(CC1CCCCN1)NCCC(=O)N1CCOCC1. The zero-order chi connectivity index (χ0) is 14.2. The summed E-state index contributed by atoms with van der Waals surface area (Å²) in [6, 6.07) is 0.304. The van der Waals surface area contributed by atoms with E-state index in [4.69, 9.17) is 4.74 Å². The van der Waals surface area contributed by atoms with Crippen LogP contribution in [0.25, 0.3) is 0 Å². The molecule has 1 atom stereocenters. The molecule has 6 nitrogen and oxygen atoms in total. The number of ether oxygens (including phenoxy) is 1. The van der Waals surface area contributed by atoms with Crippen LogP contribution in [0, 0.1) is 0 Å². The summed E-state index contributed by atoms with van der Waals surface area (Å²) < 4.78 is 5.21. The molecule has 2 N–H and O–H groups in total. The molecule has 0 aromatic heterocycles. The third kappa shape index (κ3) is 5.09. The Labute approximate surface area is 120 Å². The molecule has 0 bridgehead atoms. The molecule has 2 aliphatic rings. The van der Waals surface area contributed by atoms with Gasteiger partial charge >= 0.3 is 0 Å². The maximum Gasteiger partial charge on any atom is 0.224 e. The lowest BCUT2D eigenvalue weighted by atomic mass is 10.0. The maximum absolute atomic E-state index is 11.9. The van der Waals surface area contributed by atoms with Gasteiger partial charge in [-0.1, -0.05) is 6.42 Å². The van der Waals surface area contributed by atoms with Crippen LogP contribution in [0.15, 0.2) is 0 Å². The van der Waals surface area contributed by atoms with Gasteiger partial charge in [-0.3, -0.25) is 9.59 Å². The highest BCUT2D eigenvalue weighted by atomic mass is 16.5. The van der Waals surface area contributed by atoms with Crippen LogP contribution in [0.2, 0.25) is 0 Å². The van der Waals surface area contributed by atoms with Crippen LogP contribution >= 0.6 is 0 Å². The summed E-state index contributed by atoms with van der Waals surface area (Å²) in [7, 11) is 0. The van der Waals surface area contributed by atoms with Gasteiger partial charge in [-0.15, -0.1) is 0 Å². The molecule has 0 aromatic rings. The Kier molecular flexibility index (Phi) is 6.26. The normalized spacial score (nSPS) is 23.4. The van der Waals surface area contributed by atoms with Gasteiger partial charge in [0.25, 0.3) is 0 Å². The molecule has 2 heterocycles. The standard InChI is InChI=1S/C14H25N3O3/c18-13(11-12-3-1-2-5-15-12)16-6-4-14(19)17-7-9-20-10-8-17/h12,15H,1-11H2,(H,16,18). The van der Waals surface area contributed by atoms with Crippen molar-refractivity contribution in [3.05, 3.63) is 0 Å². The van der Waals surface area contributed by atoms with Crippen molar-refractivity contribution in [3.63, 3.8) is 0 Å². The summed E-state index contributed by atoms with van der Waals surface area (Å²) in [5.41, 5.74) is 0. The number of nitrogens with one attached hydrogen (secondary N) is 2. The number of nitrogens with zero attached hydrogens (tertiary/aromatic N) is 1. The summed E-state index contributed by atoms with van der Waals surface area (Å²) >= 11 is 0. The van der Waals surface area contributed by atoms with Crippen molar-refractivity contribution >= 4 is 11.8 Å². The van der Waals surface area contributed by atoms with Crippen molar-refractivity contribution in [2.75, 3.05) is 39.4 Å². The Morgan fingerprint density at radius 3 is 2.75 bits per heavy atom. The van der Waals surface area contributed by atoms with E-state index in [1.165, 1.54) is 12.8 Å². The number of hydrogen-bond acceptors (Lipinski definition) is 4. The van der Waals surface area contributed by atoms with E-state index < -0.39 is 0 Å². The van der Waals surface area contributed by atoms with Gasteiger partial charge in [0.05, 0.1) is 13.2 Å². The number of hydrogen-bond donors (Lipinski definition) is 2. The first kappa shape index (κ1) is 15.3. The van der Waals surface area contributed by atoms with Crippen molar-refractivity contribution in [3.8, 4) is 0 Å². The average Bonchev–Trinajstić information content (AvgIpc) is 2.49. The number of rotatable bonds is 5. The first-order valence-electron chi connectivity index (χ1n) is 7.61. The van der Waals surface area contributed by atoms with E-state index in [-0.39, 0.29) is 11.8 Å². The Balaban J connectivity index is 1.57. The molecule has 0 saturated carbocycles. The van der Waals surface area contributed by atoms with Crippen molar-refractivity contribution in [1.82, 2.24) is 15.5 Å². The van der Waals surface area contributed by atoms with Gasteiger partial charge in [0.15, 0.2) is 0 Å². The predicted molar refractivity (Wildman–Crippen MR) is 75.3 cm³/mol. The number of piperidine rings is 1. The number of carbonyl (C=O) groups excluding carboxylic acids is 2. The molecule has 0 aromatic carbocycles. The lowest BCUT2D eigenvalue weighted by Gasteiger charge is -2.27. The van der Waals surface area contributed by atoms with Gasteiger partial charge in [0.1, 0.15) is 0 Å². The molecule has 0 spiro atoms. The van der Waals surface area contributed by atoms with Crippen molar-refractivity contribution in [2.24, 2.45) is 0 Å².